The lowest BCUT2D eigenvalue weighted by atomic mass is 10.2. The number of thiazole rings is 1. The summed E-state index contributed by atoms with van der Waals surface area (Å²) in [6, 6.07) is 11.8. The van der Waals surface area contributed by atoms with E-state index in [2.05, 4.69) is 20.3 Å². The van der Waals surface area contributed by atoms with Crippen LogP contribution in [0.2, 0.25) is 0 Å². The summed E-state index contributed by atoms with van der Waals surface area (Å²) in [5.41, 5.74) is 1.76. The third-order valence-corrected chi connectivity index (χ3v) is 4.86. The van der Waals surface area contributed by atoms with Crippen molar-refractivity contribution in [1.82, 2.24) is 24.8 Å². The Bertz CT molecular complexity index is 1270. The molecule has 3 heterocycles. The van der Waals surface area contributed by atoms with Crippen LogP contribution < -0.4 is 5.56 Å². The average Bonchev–Trinajstić information content (AvgIpc) is 3.18. The molecule has 5 aromatic rings. The molecule has 116 valence electrons. The first-order valence-electron chi connectivity index (χ1n) is 7.13. The minimum absolute atomic E-state index is 0.201. The fraction of sp³-hybridized carbons (Fsp3) is 0. The molecule has 8 heteroatoms. The van der Waals surface area contributed by atoms with Gasteiger partial charge in [-0.3, -0.25) is 4.79 Å². The fourth-order valence-corrected chi connectivity index (χ4v) is 3.67. The summed E-state index contributed by atoms with van der Waals surface area (Å²) < 4.78 is 16.0. The van der Waals surface area contributed by atoms with E-state index in [0.29, 0.717) is 21.9 Å². The van der Waals surface area contributed by atoms with Crippen molar-refractivity contribution >= 4 is 38.1 Å². The van der Waals surface area contributed by atoms with Crippen LogP contribution in [0.3, 0.4) is 0 Å². The van der Waals surface area contributed by atoms with Gasteiger partial charge in [-0.05, 0) is 30.3 Å². The molecule has 0 aliphatic carbocycles. The lowest BCUT2D eigenvalue weighted by Gasteiger charge is -2.00. The van der Waals surface area contributed by atoms with E-state index in [1.54, 1.807) is 4.52 Å². The molecule has 24 heavy (non-hydrogen) atoms. The third kappa shape index (κ3) is 1.80. The van der Waals surface area contributed by atoms with E-state index >= 15 is 0 Å². The van der Waals surface area contributed by atoms with E-state index in [4.69, 9.17) is 0 Å². The van der Waals surface area contributed by atoms with E-state index in [9.17, 15) is 9.18 Å². The molecule has 1 N–H and O–H groups in total. The number of hydrogen-bond donors (Lipinski definition) is 1. The van der Waals surface area contributed by atoms with Crippen LogP contribution in [0.25, 0.3) is 37.5 Å². The van der Waals surface area contributed by atoms with Crippen LogP contribution in [0.5, 0.6) is 0 Å². The molecule has 0 unspecified atom stereocenters. The van der Waals surface area contributed by atoms with Crippen LogP contribution in [0.1, 0.15) is 0 Å². The molecular weight excluding hydrogens is 329 g/mol. The van der Waals surface area contributed by atoms with Crippen molar-refractivity contribution < 1.29 is 4.39 Å². The Hall–Kier alpha value is -3.13. The normalized spacial score (nSPS) is 11.7. The summed E-state index contributed by atoms with van der Waals surface area (Å²) in [6.45, 7) is 0. The molecule has 0 saturated carbocycles. The number of benzene rings is 2. The molecular formula is C16H8FN5OS. The van der Waals surface area contributed by atoms with Gasteiger partial charge in [0, 0.05) is 0 Å². The van der Waals surface area contributed by atoms with Crippen LogP contribution in [0.15, 0.2) is 47.3 Å². The summed E-state index contributed by atoms with van der Waals surface area (Å²) >= 11 is 1.47. The molecule has 6 nitrogen and oxygen atoms in total. The number of para-hydroxylation sites is 1. The number of halogens is 1. The zero-order valence-corrected chi connectivity index (χ0v) is 12.8. The predicted octanol–water partition coefficient (Wildman–Crippen LogP) is 2.99. The highest BCUT2D eigenvalue weighted by atomic mass is 32.1. The summed E-state index contributed by atoms with van der Waals surface area (Å²) in [5.74, 6) is -0.479. The maximum atomic E-state index is 13.4. The number of aromatic nitrogens is 5. The zero-order valence-electron chi connectivity index (χ0n) is 12.0. The SMILES string of the molecule is O=c1nc2c(-c3nc4ccccc4s3)n[nH]n2c2ccc(F)cc12. The van der Waals surface area contributed by atoms with Gasteiger partial charge in [0.2, 0.25) is 0 Å². The van der Waals surface area contributed by atoms with Crippen LogP contribution in [0, 0.1) is 5.82 Å². The first-order chi connectivity index (χ1) is 11.7. The number of H-pyrrole nitrogens is 1. The van der Waals surface area contributed by atoms with Gasteiger partial charge in [-0.2, -0.15) is 10.1 Å². The third-order valence-electron chi connectivity index (χ3n) is 3.82. The first kappa shape index (κ1) is 13.3. The van der Waals surface area contributed by atoms with Gasteiger partial charge in [0.15, 0.2) is 11.3 Å². The van der Waals surface area contributed by atoms with Gasteiger partial charge in [0.1, 0.15) is 10.8 Å². The Morgan fingerprint density at radius 1 is 1.12 bits per heavy atom. The Morgan fingerprint density at radius 3 is 2.88 bits per heavy atom. The van der Waals surface area contributed by atoms with E-state index in [1.165, 1.54) is 29.5 Å². The van der Waals surface area contributed by atoms with Gasteiger partial charge in [0.05, 0.1) is 21.1 Å². The Kier molecular flexibility index (Phi) is 2.60. The number of aromatic amines is 1. The highest BCUT2D eigenvalue weighted by molar-refractivity contribution is 7.21. The molecule has 0 spiro atoms. The molecule has 0 aliphatic rings. The number of hydrogen-bond acceptors (Lipinski definition) is 5. The second kappa shape index (κ2) is 4.68. The van der Waals surface area contributed by atoms with Gasteiger partial charge < -0.3 is 0 Å². The molecule has 0 saturated heterocycles. The lowest BCUT2D eigenvalue weighted by molar-refractivity contribution is 0.629. The van der Waals surface area contributed by atoms with Crippen molar-refractivity contribution in [3.8, 4) is 10.7 Å². The van der Waals surface area contributed by atoms with E-state index < -0.39 is 11.4 Å². The quantitative estimate of drug-likeness (QED) is 0.510. The number of rotatable bonds is 1. The highest BCUT2D eigenvalue weighted by Gasteiger charge is 2.17. The average molecular weight is 337 g/mol. The van der Waals surface area contributed by atoms with Gasteiger partial charge in [-0.15, -0.1) is 11.3 Å². The van der Waals surface area contributed by atoms with Crippen molar-refractivity contribution in [3.05, 3.63) is 58.6 Å². The summed E-state index contributed by atoms with van der Waals surface area (Å²) in [4.78, 5) is 20.9. The second-order valence-electron chi connectivity index (χ2n) is 5.28. The largest absolute Gasteiger partial charge is 0.281 e. The van der Waals surface area contributed by atoms with Crippen molar-refractivity contribution in [3.63, 3.8) is 0 Å². The van der Waals surface area contributed by atoms with Crippen LogP contribution in [-0.2, 0) is 0 Å². The molecule has 2 aromatic carbocycles. The Balaban J connectivity index is 1.85. The molecule has 0 fully saturated rings. The number of nitrogens with zero attached hydrogens (tertiary/aromatic N) is 4. The Labute approximate surface area is 137 Å². The van der Waals surface area contributed by atoms with Crippen LogP contribution in [-0.4, -0.2) is 24.8 Å². The second-order valence-corrected chi connectivity index (χ2v) is 6.32. The van der Waals surface area contributed by atoms with Crippen molar-refractivity contribution in [1.29, 1.82) is 0 Å². The molecule has 0 atom stereocenters. The molecule has 0 amide bonds. The van der Waals surface area contributed by atoms with Gasteiger partial charge >= 0.3 is 0 Å². The van der Waals surface area contributed by atoms with Crippen LogP contribution in [0.4, 0.5) is 4.39 Å². The molecule has 0 bridgehead atoms. The number of fused-ring (bicyclic) bond motifs is 4. The maximum Gasteiger partial charge on any atom is 0.281 e. The van der Waals surface area contributed by atoms with E-state index in [0.717, 1.165) is 10.2 Å². The molecule has 5 rings (SSSR count). The van der Waals surface area contributed by atoms with Crippen LogP contribution >= 0.6 is 11.3 Å². The van der Waals surface area contributed by atoms with Gasteiger partial charge in [0.25, 0.3) is 5.56 Å². The first-order valence-corrected chi connectivity index (χ1v) is 7.95. The monoisotopic (exact) mass is 337 g/mol. The smallest absolute Gasteiger partial charge is 0.267 e. The summed E-state index contributed by atoms with van der Waals surface area (Å²) in [7, 11) is 0. The van der Waals surface area contributed by atoms with E-state index in [-0.39, 0.29) is 5.39 Å². The molecule has 0 radical (unpaired) electrons. The van der Waals surface area contributed by atoms with Gasteiger partial charge in [-0.1, -0.05) is 12.1 Å². The van der Waals surface area contributed by atoms with Gasteiger partial charge in [-0.25, -0.2) is 19.1 Å². The predicted molar refractivity (Wildman–Crippen MR) is 89.7 cm³/mol. The summed E-state index contributed by atoms with van der Waals surface area (Å²) in [5, 5.41) is 7.97. The topological polar surface area (TPSA) is 75.9 Å². The lowest BCUT2D eigenvalue weighted by Crippen LogP contribution is -2.10. The minimum atomic E-state index is -0.492. The van der Waals surface area contributed by atoms with E-state index in [1.807, 2.05) is 24.3 Å². The molecule has 0 aliphatic heterocycles. The maximum absolute atomic E-state index is 13.4. The highest BCUT2D eigenvalue weighted by Crippen LogP contribution is 2.30. The minimum Gasteiger partial charge on any atom is -0.267 e. The fourth-order valence-electron chi connectivity index (χ4n) is 2.72. The van der Waals surface area contributed by atoms with Crippen molar-refractivity contribution in [2.75, 3.05) is 0 Å². The number of nitrogens with one attached hydrogen (secondary N) is 1. The standard InChI is InChI=1S/C16H8FN5OS/c17-8-5-6-11-9(7-8)15(23)19-14-13(20-21-22(11)14)16-18-10-3-1-2-4-12(10)24-16/h1-7,21H. The zero-order chi connectivity index (χ0) is 16.3. The van der Waals surface area contributed by atoms with Crippen molar-refractivity contribution in [2.45, 2.75) is 0 Å². The van der Waals surface area contributed by atoms with Crippen molar-refractivity contribution in [2.24, 2.45) is 0 Å². The molecule has 3 aromatic heterocycles. The summed E-state index contributed by atoms with van der Waals surface area (Å²) in [6.07, 6.45) is 0. The Morgan fingerprint density at radius 2 is 2.00 bits per heavy atom.